The van der Waals surface area contributed by atoms with Crippen molar-refractivity contribution in [3.05, 3.63) is 0 Å². The van der Waals surface area contributed by atoms with E-state index in [0.717, 1.165) is 12.8 Å². The number of carbonyl (C=O) groups excluding carboxylic acids is 2. The number of aliphatic carboxylic acids is 1. The fraction of sp³-hybridized carbons (Fsp3) is 0.769. The lowest BCUT2D eigenvalue weighted by Crippen LogP contribution is -2.60. The van der Waals surface area contributed by atoms with Gasteiger partial charge < -0.3 is 25.4 Å². The van der Waals surface area contributed by atoms with Crippen LogP contribution in [0.5, 0.6) is 0 Å². The van der Waals surface area contributed by atoms with E-state index in [4.69, 9.17) is 9.84 Å². The summed E-state index contributed by atoms with van der Waals surface area (Å²) >= 11 is 0. The number of nitrogens with one attached hydrogen (secondary N) is 2. The van der Waals surface area contributed by atoms with Crippen LogP contribution < -0.4 is 10.6 Å². The summed E-state index contributed by atoms with van der Waals surface area (Å²) in [4.78, 5) is 35.7. The van der Waals surface area contributed by atoms with Crippen molar-refractivity contribution in [1.82, 2.24) is 15.5 Å². The van der Waals surface area contributed by atoms with Gasteiger partial charge in [-0.25, -0.2) is 4.79 Å². The minimum atomic E-state index is -1.11. The van der Waals surface area contributed by atoms with Gasteiger partial charge in [-0.1, -0.05) is 13.3 Å². The van der Waals surface area contributed by atoms with Crippen LogP contribution in [0.4, 0.5) is 4.79 Å². The van der Waals surface area contributed by atoms with E-state index in [1.54, 1.807) is 0 Å². The van der Waals surface area contributed by atoms with Crippen molar-refractivity contribution in [2.24, 2.45) is 0 Å². The molecule has 1 fully saturated rings. The molecule has 8 heteroatoms. The molecule has 0 aromatic rings. The number of piperazine rings is 1. The summed E-state index contributed by atoms with van der Waals surface area (Å²) in [6.45, 7) is 4.08. The summed E-state index contributed by atoms with van der Waals surface area (Å²) in [5.41, 5.74) is 0. The number of carboxylic acid groups (broad SMARTS) is 1. The Morgan fingerprint density at radius 1 is 1.48 bits per heavy atom. The van der Waals surface area contributed by atoms with Gasteiger partial charge in [0.25, 0.3) is 0 Å². The lowest BCUT2D eigenvalue weighted by molar-refractivity contribution is -0.142. The molecule has 1 atom stereocenters. The standard InChI is InChI=1S/C13H23N3O5/c1-2-3-7-21-8-5-15-13(20)16-6-4-14-12(19)10(16)9-11(17)18/h10H,2-9H2,1H3,(H,14,19)(H,15,20)(H,17,18). The van der Waals surface area contributed by atoms with E-state index in [-0.39, 0.29) is 0 Å². The molecule has 0 aromatic heterocycles. The Bertz CT molecular complexity index is 375. The molecule has 1 unspecified atom stereocenters. The number of hydrogen-bond donors (Lipinski definition) is 3. The molecular formula is C13H23N3O5. The Morgan fingerprint density at radius 2 is 2.24 bits per heavy atom. The van der Waals surface area contributed by atoms with Crippen LogP contribution in [0.1, 0.15) is 26.2 Å². The number of hydrogen-bond acceptors (Lipinski definition) is 4. The van der Waals surface area contributed by atoms with Crippen LogP contribution in [0.3, 0.4) is 0 Å². The quantitative estimate of drug-likeness (QED) is 0.538. The molecule has 8 nitrogen and oxygen atoms in total. The Balaban J connectivity index is 2.39. The minimum Gasteiger partial charge on any atom is -0.481 e. The topological polar surface area (TPSA) is 108 Å². The number of ether oxygens (including phenoxy) is 1. The summed E-state index contributed by atoms with van der Waals surface area (Å²) in [6, 6.07) is -1.40. The maximum Gasteiger partial charge on any atom is 0.318 e. The second-order valence-electron chi connectivity index (χ2n) is 4.80. The van der Waals surface area contributed by atoms with Gasteiger partial charge >= 0.3 is 12.0 Å². The zero-order chi connectivity index (χ0) is 15.7. The largest absolute Gasteiger partial charge is 0.481 e. The molecule has 21 heavy (non-hydrogen) atoms. The summed E-state index contributed by atoms with van der Waals surface area (Å²) in [7, 11) is 0. The number of urea groups is 1. The van der Waals surface area contributed by atoms with Crippen LogP contribution in [0, 0.1) is 0 Å². The fourth-order valence-corrected chi connectivity index (χ4v) is 2.01. The molecule has 0 bridgehead atoms. The predicted octanol–water partition coefficient (Wildman–Crippen LogP) is -0.212. The lowest BCUT2D eigenvalue weighted by Gasteiger charge is -2.34. The second-order valence-corrected chi connectivity index (χ2v) is 4.80. The number of unbranched alkanes of at least 4 members (excludes halogenated alkanes) is 1. The molecule has 1 heterocycles. The highest BCUT2D eigenvalue weighted by atomic mass is 16.5. The molecule has 3 N–H and O–H groups in total. The fourth-order valence-electron chi connectivity index (χ4n) is 2.01. The van der Waals surface area contributed by atoms with Crippen LogP contribution in [0.15, 0.2) is 0 Å². The van der Waals surface area contributed by atoms with E-state index in [9.17, 15) is 14.4 Å². The average Bonchev–Trinajstić information content (AvgIpc) is 2.44. The normalized spacial score (nSPS) is 18.2. The van der Waals surface area contributed by atoms with Crippen LogP contribution in [-0.4, -0.2) is 66.8 Å². The van der Waals surface area contributed by atoms with Crippen molar-refractivity contribution < 1.29 is 24.2 Å². The molecule has 0 saturated carbocycles. The third-order valence-corrected chi connectivity index (χ3v) is 3.12. The summed E-state index contributed by atoms with van der Waals surface area (Å²) in [6.07, 6.45) is 1.62. The van der Waals surface area contributed by atoms with Crippen LogP contribution >= 0.6 is 0 Å². The van der Waals surface area contributed by atoms with Gasteiger partial charge in [0.2, 0.25) is 5.91 Å². The monoisotopic (exact) mass is 301 g/mol. The zero-order valence-corrected chi connectivity index (χ0v) is 12.3. The molecule has 1 saturated heterocycles. The number of nitrogens with zero attached hydrogens (tertiary/aromatic N) is 1. The maximum absolute atomic E-state index is 12.0. The van der Waals surface area contributed by atoms with Gasteiger partial charge in [0.1, 0.15) is 6.04 Å². The molecule has 120 valence electrons. The molecular weight excluding hydrogens is 278 g/mol. The van der Waals surface area contributed by atoms with Gasteiger partial charge in [-0.2, -0.15) is 0 Å². The van der Waals surface area contributed by atoms with Crippen LogP contribution in [-0.2, 0) is 14.3 Å². The van der Waals surface area contributed by atoms with Gasteiger partial charge in [0.05, 0.1) is 13.0 Å². The Morgan fingerprint density at radius 3 is 2.90 bits per heavy atom. The third-order valence-electron chi connectivity index (χ3n) is 3.12. The Kier molecular flexibility index (Phi) is 7.52. The minimum absolute atomic E-state index is 0.298. The van der Waals surface area contributed by atoms with Crippen LogP contribution in [0.25, 0.3) is 0 Å². The number of carbonyl (C=O) groups is 3. The number of rotatable bonds is 8. The summed E-state index contributed by atoms with van der Waals surface area (Å²) in [5.74, 6) is -1.55. The first kappa shape index (κ1) is 17.2. The predicted molar refractivity (Wildman–Crippen MR) is 74.9 cm³/mol. The van der Waals surface area contributed by atoms with E-state index in [1.807, 2.05) is 0 Å². The highest BCUT2D eigenvalue weighted by Crippen LogP contribution is 2.09. The lowest BCUT2D eigenvalue weighted by atomic mass is 10.1. The van der Waals surface area contributed by atoms with Crippen molar-refractivity contribution in [3.8, 4) is 0 Å². The molecule has 1 rings (SSSR count). The molecule has 1 aliphatic heterocycles. The van der Waals surface area contributed by atoms with E-state index < -0.39 is 30.4 Å². The number of amides is 3. The van der Waals surface area contributed by atoms with E-state index in [0.29, 0.717) is 32.8 Å². The van der Waals surface area contributed by atoms with E-state index >= 15 is 0 Å². The highest BCUT2D eigenvalue weighted by Gasteiger charge is 2.34. The van der Waals surface area contributed by atoms with Crippen molar-refractivity contribution in [2.45, 2.75) is 32.2 Å². The highest BCUT2D eigenvalue weighted by molar-refractivity contribution is 5.91. The molecule has 3 amide bonds. The number of carboxylic acids is 1. The van der Waals surface area contributed by atoms with Crippen molar-refractivity contribution in [2.75, 3.05) is 32.8 Å². The SMILES string of the molecule is CCCCOCCNC(=O)N1CCNC(=O)C1CC(=O)O. The van der Waals surface area contributed by atoms with Gasteiger partial charge in [-0.3, -0.25) is 9.59 Å². The van der Waals surface area contributed by atoms with Gasteiger partial charge in [0.15, 0.2) is 0 Å². The van der Waals surface area contributed by atoms with Crippen molar-refractivity contribution in [3.63, 3.8) is 0 Å². The molecule has 0 aromatic carbocycles. The Labute approximate surface area is 123 Å². The van der Waals surface area contributed by atoms with Gasteiger partial charge in [0, 0.05) is 26.2 Å². The second kappa shape index (κ2) is 9.17. The first-order valence-corrected chi connectivity index (χ1v) is 7.18. The Hall–Kier alpha value is -1.83. The maximum atomic E-state index is 12.0. The average molecular weight is 301 g/mol. The van der Waals surface area contributed by atoms with Gasteiger partial charge in [-0.15, -0.1) is 0 Å². The van der Waals surface area contributed by atoms with Crippen molar-refractivity contribution in [1.29, 1.82) is 0 Å². The van der Waals surface area contributed by atoms with E-state index in [1.165, 1.54) is 4.90 Å². The first-order chi connectivity index (χ1) is 10.1. The first-order valence-electron chi connectivity index (χ1n) is 7.18. The molecule has 1 aliphatic rings. The summed E-state index contributed by atoms with van der Waals surface area (Å²) in [5, 5.41) is 14.0. The van der Waals surface area contributed by atoms with E-state index in [2.05, 4.69) is 17.6 Å². The van der Waals surface area contributed by atoms with Crippen molar-refractivity contribution >= 4 is 17.9 Å². The van der Waals surface area contributed by atoms with Crippen LogP contribution in [0.2, 0.25) is 0 Å². The third kappa shape index (κ3) is 5.99. The van der Waals surface area contributed by atoms with Gasteiger partial charge in [-0.05, 0) is 6.42 Å². The summed E-state index contributed by atoms with van der Waals surface area (Å²) < 4.78 is 5.32. The molecule has 0 radical (unpaired) electrons. The molecule has 0 spiro atoms. The zero-order valence-electron chi connectivity index (χ0n) is 12.3. The molecule has 0 aliphatic carbocycles. The smallest absolute Gasteiger partial charge is 0.318 e.